The lowest BCUT2D eigenvalue weighted by Crippen LogP contribution is -2.15. The fraction of sp³-hybridized carbons (Fsp3) is 0. The number of rotatable bonds is 2. The first-order valence-electron chi connectivity index (χ1n) is 4.03. The van der Waals surface area contributed by atoms with Crippen LogP contribution in [0, 0.1) is 10.1 Å². The number of hydrogen-bond donors (Lipinski definition) is 1. The van der Waals surface area contributed by atoms with Crippen molar-refractivity contribution in [3.63, 3.8) is 0 Å². The predicted octanol–water partition coefficient (Wildman–Crippen LogP) is 0.175. The zero-order chi connectivity index (χ0) is 11.0. The number of nitrogens with zero attached hydrogens (tertiary/aromatic N) is 3. The van der Waals surface area contributed by atoms with E-state index in [1.54, 1.807) is 18.2 Å². The topological polar surface area (TPSA) is 104 Å². The molecule has 2 rings (SSSR count). The Bertz CT molecular complexity index is 512. The Morgan fingerprint density at radius 3 is 2.73 bits per heavy atom. The number of hydrogen-bond acceptors (Lipinski definition) is 4. The Morgan fingerprint density at radius 2 is 2.13 bits per heavy atom. The van der Waals surface area contributed by atoms with Crippen molar-refractivity contribution < 1.29 is 9.83 Å². The number of carbonyl (C=O) groups excluding carboxylic acids is 1. The van der Waals surface area contributed by atoms with Gasteiger partial charge in [0.2, 0.25) is 0 Å². The number of carbonyl (C=O) groups is 1. The summed E-state index contributed by atoms with van der Waals surface area (Å²) in [4.78, 5) is 22.1. The summed E-state index contributed by atoms with van der Waals surface area (Å²) < 4.78 is 0. The molecule has 2 N–H and O–H groups in total. The van der Waals surface area contributed by atoms with Gasteiger partial charge in [-0.25, -0.2) is 0 Å². The summed E-state index contributed by atoms with van der Waals surface area (Å²) in [6, 6.07) is 6.33. The van der Waals surface area contributed by atoms with Crippen molar-refractivity contribution in [3.05, 3.63) is 40.1 Å². The summed E-state index contributed by atoms with van der Waals surface area (Å²) in [5.74, 6) is -0.785. The summed E-state index contributed by atoms with van der Waals surface area (Å²) in [6.07, 6.45) is 0. The number of nitro groups is 1. The van der Waals surface area contributed by atoms with Crippen LogP contribution >= 0.6 is 0 Å². The molecule has 1 aromatic carbocycles. The molecule has 0 spiro atoms. The van der Waals surface area contributed by atoms with Crippen LogP contribution < -0.4 is 5.73 Å². The highest BCUT2D eigenvalue weighted by Crippen LogP contribution is 2.17. The fourth-order valence-corrected chi connectivity index (χ4v) is 1.36. The molecule has 2 aromatic rings. The molecular formula is C8H6N4O3. The van der Waals surface area contributed by atoms with Crippen molar-refractivity contribution in [1.29, 1.82) is 0 Å². The van der Waals surface area contributed by atoms with Crippen LogP contribution in [0.25, 0.3) is 10.9 Å². The van der Waals surface area contributed by atoms with E-state index in [1.807, 2.05) is 0 Å². The van der Waals surface area contributed by atoms with Gasteiger partial charge in [-0.1, -0.05) is 12.1 Å². The molecule has 7 heteroatoms. The molecule has 0 aliphatic rings. The number of fused-ring (bicyclic) bond motifs is 1. The molecule has 1 amide bonds. The van der Waals surface area contributed by atoms with Crippen LogP contribution in [0.15, 0.2) is 24.3 Å². The van der Waals surface area contributed by atoms with Crippen molar-refractivity contribution in [3.8, 4) is 0 Å². The quantitative estimate of drug-likeness (QED) is 0.558. The molecule has 7 nitrogen and oxygen atoms in total. The van der Waals surface area contributed by atoms with Gasteiger partial charge in [0.05, 0.1) is 15.5 Å². The second-order valence-electron chi connectivity index (χ2n) is 2.86. The summed E-state index contributed by atoms with van der Waals surface area (Å²) in [5.41, 5.74) is 5.21. The maximum absolute atomic E-state index is 11.0. The van der Waals surface area contributed by atoms with Crippen molar-refractivity contribution >= 4 is 16.8 Å². The number of aromatic nitrogens is 2. The highest BCUT2D eigenvalue weighted by molar-refractivity contribution is 6.03. The minimum Gasteiger partial charge on any atom is -0.362 e. The number of benzene rings is 1. The molecule has 0 aliphatic carbocycles. The second kappa shape index (κ2) is 3.05. The van der Waals surface area contributed by atoms with E-state index in [0.29, 0.717) is 10.2 Å². The molecule has 76 valence electrons. The summed E-state index contributed by atoms with van der Waals surface area (Å²) in [6.45, 7) is 0. The maximum atomic E-state index is 11.0. The third kappa shape index (κ3) is 1.30. The van der Waals surface area contributed by atoms with E-state index in [2.05, 4.69) is 5.10 Å². The number of nitrogens with two attached hydrogens (primary N) is 1. The molecule has 0 aliphatic heterocycles. The monoisotopic (exact) mass is 206 g/mol. The standard InChI is InChI=1S/C8H6N4O3/c9-8(13)7-5-3-1-2-4-6(5)11(10-7)12(14)15/h1-4H,(H2,9,13). The lowest BCUT2D eigenvalue weighted by Gasteiger charge is -1.91. The van der Waals surface area contributed by atoms with Crippen LogP contribution in [-0.2, 0) is 0 Å². The van der Waals surface area contributed by atoms with E-state index in [0.717, 1.165) is 0 Å². The highest BCUT2D eigenvalue weighted by atomic mass is 16.7. The maximum Gasteiger partial charge on any atom is 0.296 e. The van der Waals surface area contributed by atoms with Crippen LogP contribution in [-0.4, -0.2) is 20.8 Å². The van der Waals surface area contributed by atoms with Gasteiger partial charge in [-0.05, 0) is 12.1 Å². The van der Waals surface area contributed by atoms with Gasteiger partial charge in [0.25, 0.3) is 11.6 Å². The van der Waals surface area contributed by atoms with Crippen LogP contribution in [0.5, 0.6) is 0 Å². The number of para-hydroxylation sites is 1. The summed E-state index contributed by atoms with van der Waals surface area (Å²) >= 11 is 0. The van der Waals surface area contributed by atoms with Crippen molar-refractivity contribution in [1.82, 2.24) is 9.89 Å². The first-order chi connectivity index (χ1) is 7.11. The smallest absolute Gasteiger partial charge is 0.296 e. The molecule has 0 bridgehead atoms. The zero-order valence-corrected chi connectivity index (χ0v) is 7.45. The number of primary amides is 1. The van der Waals surface area contributed by atoms with E-state index in [1.165, 1.54) is 6.07 Å². The van der Waals surface area contributed by atoms with Gasteiger partial charge in [0, 0.05) is 4.79 Å². The lowest BCUT2D eigenvalue weighted by atomic mass is 10.2. The van der Waals surface area contributed by atoms with Crippen molar-refractivity contribution in [2.24, 2.45) is 5.73 Å². The lowest BCUT2D eigenvalue weighted by molar-refractivity contribution is -0.548. The predicted molar refractivity (Wildman–Crippen MR) is 50.6 cm³/mol. The third-order valence-electron chi connectivity index (χ3n) is 1.96. The van der Waals surface area contributed by atoms with E-state index in [9.17, 15) is 14.9 Å². The van der Waals surface area contributed by atoms with Gasteiger partial charge in [0.1, 0.15) is 5.52 Å². The van der Waals surface area contributed by atoms with E-state index in [4.69, 9.17) is 5.73 Å². The minimum atomic E-state index is -0.785. The van der Waals surface area contributed by atoms with Crippen LogP contribution in [0.1, 0.15) is 10.5 Å². The van der Waals surface area contributed by atoms with Crippen molar-refractivity contribution in [2.45, 2.75) is 0 Å². The van der Waals surface area contributed by atoms with E-state index in [-0.39, 0.29) is 11.2 Å². The van der Waals surface area contributed by atoms with Gasteiger partial charge in [-0.2, -0.15) is 0 Å². The molecule has 0 fully saturated rings. The second-order valence-corrected chi connectivity index (χ2v) is 2.86. The van der Waals surface area contributed by atoms with E-state index < -0.39 is 10.9 Å². The van der Waals surface area contributed by atoms with Crippen LogP contribution in [0.4, 0.5) is 0 Å². The summed E-state index contributed by atoms with van der Waals surface area (Å²) in [7, 11) is 0. The van der Waals surface area contributed by atoms with Crippen molar-refractivity contribution in [2.75, 3.05) is 0 Å². The van der Waals surface area contributed by atoms with Gasteiger partial charge >= 0.3 is 0 Å². The van der Waals surface area contributed by atoms with E-state index >= 15 is 0 Å². The minimum absolute atomic E-state index is 0.0951. The van der Waals surface area contributed by atoms with Gasteiger partial charge in [0.15, 0.2) is 0 Å². The third-order valence-corrected chi connectivity index (χ3v) is 1.96. The van der Waals surface area contributed by atoms with Gasteiger partial charge in [-0.15, -0.1) is 0 Å². The molecule has 0 saturated heterocycles. The number of amides is 1. The normalized spacial score (nSPS) is 10.4. The molecule has 0 unspecified atom stereocenters. The zero-order valence-electron chi connectivity index (χ0n) is 7.45. The van der Waals surface area contributed by atoms with Gasteiger partial charge < -0.3 is 15.8 Å². The largest absolute Gasteiger partial charge is 0.362 e. The summed E-state index contributed by atoms with van der Waals surface area (Å²) in [5, 5.41) is 13.8. The Morgan fingerprint density at radius 1 is 1.47 bits per heavy atom. The Kier molecular flexibility index (Phi) is 1.86. The molecule has 15 heavy (non-hydrogen) atoms. The first-order valence-corrected chi connectivity index (χ1v) is 4.03. The molecule has 0 radical (unpaired) electrons. The fourth-order valence-electron chi connectivity index (χ4n) is 1.36. The molecule has 1 heterocycles. The SMILES string of the molecule is NC(=O)c1nn([N+](=O)[O-])c2ccccc12. The molecular weight excluding hydrogens is 200 g/mol. The molecule has 0 atom stereocenters. The first kappa shape index (κ1) is 9.13. The highest BCUT2D eigenvalue weighted by Gasteiger charge is 2.22. The molecule has 1 aromatic heterocycles. The molecule has 0 saturated carbocycles. The van der Waals surface area contributed by atoms with Gasteiger partial charge in [-0.3, -0.25) is 4.79 Å². The van der Waals surface area contributed by atoms with Crippen LogP contribution in [0.3, 0.4) is 0 Å². The van der Waals surface area contributed by atoms with Crippen LogP contribution in [0.2, 0.25) is 0 Å². The Labute approximate surface area is 83.2 Å². The Balaban J connectivity index is 2.85. The Hall–Kier alpha value is -2.44. The average Bonchev–Trinajstić information content (AvgIpc) is 2.56. The average molecular weight is 206 g/mol.